The Hall–Kier alpha value is -1.13. The fourth-order valence-corrected chi connectivity index (χ4v) is 3.13. The van der Waals surface area contributed by atoms with Crippen molar-refractivity contribution in [1.29, 1.82) is 0 Å². The summed E-state index contributed by atoms with van der Waals surface area (Å²) in [5, 5.41) is 4.38. The van der Waals surface area contributed by atoms with Gasteiger partial charge in [-0.05, 0) is 42.9 Å². The number of halogens is 1. The fraction of sp³-hybridized carbons (Fsp3) is 0.500. The summed E-state index contributed by atoms with van der Waals surface area (Å²) in [6.07, 6.45) is 10.2. The summed E-state index contributed by atoms with van der Waals surface area (Å²) in [5.74, 6) is 3.38. The molecule has 0 bridgehead atoms. The maximum Gasteiger partial charge on any atom is 0.0614 e. The standard InChI is InChI=1S/C16H20ClN/c1-4-12-9-10-15(13(5-2)16(12)17)18-14-8-6-7-11(14)3/h1,9-11,14,18H,5-8H2,2-3H3. The van der Waals surface area contributed by atoms with Crippen LogP contribution in [0.15, 0.2) is 12.1 Å². The van der Waals surface area contributed by atoms with Gasteiger partial charge >= 0.3 is 0 Å². The number of terminal acetylenes is 1. The molecule has 1 aromatic rings. The normalized spacial score (nSPS) is 22.8. The van der Waals surface area contributed by atoms with Gasteiger partial charge in [0, 0.05) is 17.3 Å². The number of hydrogen-bond donors (Lipinski definition) is 1. The molecule has 1 saturated carbocycles. The highest BCUT2D eigenvalue weighted by molar-refractivity contribution is 6.33. The van der Waals surface area contributed by atoms with Crippen LogP contribution >= 0.6 is 11.6 Å². The SMILES string of the molecule is C#Cc1ccc(NC2CCCC2C)c(CC)c1Cl. The zero-order valence-electron chi connectivity index (χ0n) is 11.1. The Morgan fingerprint density at radius 1 is 1.44 bits per heavy atom. The lowest BCUT2D eigenvalue weighted by atomic mass is 10.0. The van der Waals surface area contributed by atoms with Crippen LogP contribution in [-0.4, -0.2) is 6.04 Å². The Morgan fingerprint density at radius 3 is 2.78 bits per heavy atom. The highest BCUT2D eigenvalue weighted by Crippen LogP contribution is 2.33. The third-order valence-electron chi connectivity index (χ3n) is 3.95. The van der Waals surface area contributed by atoms with Crippen LogP contribution in [0.3, 0.4) is 0 Å². The second-order valence-electron chi connectivity index (χ2n) is 5.11. The minimum absolute atomic E-state index is 0.572. The van der Waals surface area contributed by atoms with Gasteiger partial charge < -0.3 is 5.32 Å². The van der Waals surface area contributed by atoms with Crippen molar-refractivity contribution >= 4 is 17.3 Å². The highest BCUT2D eigenvalue weighted by Gasteiger charge is 2.24. The van der Waals surface area contributed by atoms with Crippen molar-refractivity contribution in [3.05, 3.63) is 28.3 Å². The number of nitrogens with one attached hydrogen (secondary N) is 1. The molecule has 2 atom stereocenters. The van der Waals surface area contributed by atoms with Gasteiger partial charge in [0.1, 0.15) is 0 Å². The first-order valence-corrected chi connectivity index (χ1v) is 7.09. The molecule has 0 heterocycles. The molecule has 2 heteroatoms. The Kier molecular flexibility index (Phi) is 4.19. The number of rotatable bonds is 3. The monoisotopic (exact) mass is 261 g/mol. The first-order chi connectivity index (χ1) is 8.67. The van der Waals surface area contributed by atoms with Gasteiger partial charge in [-0.25, -0.2) is 0 Å². The number of hydrogen-bond acceptors (Lipinski definition) is 1. The summed E-state index contributed by atoms with van der Waals surface area (Å²) in [6, 6.07) is 4.58. The van der Waals surface area contributed by atoms with E-state index in [1.54, 1.807) is 0 Å². The van der Waals surface area contributed by atoms with E-state index in [0.29, 0.717) is 6.04 Å². The Labute approximate surface area is 115 Å². The molecule has 1 aliphatic rings. The predicted octanol–water partition coefficient (Wildman–Crippen LogP) is 4.48. The lowest BCUT2D eigenvalue weighted by Gasteiger charge is -2.21. The van der Waals surface area contributed by atoms with Gasteiger partial charge in [0.2, 0.25) is 0 Å². The molecule has 2 unspecified atom stereocenters. The van der Waals surface area contributed by atoms with Crippen molar-refractivity contribution in [2.45, 2.75) is 45.6 Å². The first-order valence-electron chi connectivity index (χ1n) is 6.71. The first kappa shape index (κ1) is 13.3. The third kappa shape index (κ3) is 2.49. The van der Waals surface area contributed by atoms with E-state index in [0.717, 1.165) is 34.2 Å². The van der Waals surface area contributed by atoms with Crippen molar-refractivity contribution in [2.24, 2.45) is 5.92 Å². The van der Waals surface area contributed by atoms with Crippen molar-refractivity contribution in [1.82, 2.24) is 0 Å². The van der Waals surface area contributed by atoms with Crippen molar-refractivity contribution in [2.75, 3.05) is 5.32 Å². The van der Waals surface area contributed by atoms with E-state index in [2.05, 4.69) is 31.2 Å². The molecular weight excluding hydrogens is 242 g/mol. The smallest absolute Gasteiger partial charge is 0.0614 e. The Bertz CT molecular complexity index is 473. The van der Waals surface area contributed by atoms with Crippen molar-refractivity contribution < 1.29 is 0 Å². The van der Waals surface area contributed by atoms with Crippen LogP contribution in [0.5, 0.6) is 0 Å². The summed E-state index contributed by atoms with van der Waals surface area (Å²) in [4.78, 5) is 0. The molecule has 0 aromatic heterocycles. The van der Waals surface area contributed by atoms with E-state index >= 15 is 0 Å². The van der Waals surface area contributed by atoms with Gasteiger partial charge in [0.15, 0.2) is 0 Å². The average Bonchev–Trinajstić information content (AvgIpc) is 2.76. The summed E-state index contributed by atoms with van der Waals surface area (Å²) in [7, 11) is 0. The maximum atomic E-state index is 6.35. The predicted molar refractivity (Wildman–Crippen MR) is 79.2 cm³/mol. The van der Waals surface area contributed by atoms with E-state index in [1.807, 2.05) is 6.07 Å². The van der Waals surface area contributed by atoms with Crippen LogP contribution in [-0.2, 0) is 6.42 Å². The minimum Gasteiger partial charge on any atom is -0.382 e. The highest BCUT2D eigenvalue weighted by atomic mass is 35.5. The second kappa shape index (κ2) is 5.67. The van der Waals surface area contributed by atoms with Crippen LogP contribution in [0.4, 0.5) is 5.69 Å². The van der Waals surface area contributed by atoms with Gasteiger partial charge in [-0.3, -0.25) is 0 Å². The molecule has 1 N–H and O–H groups in total. The van der Waals surface area contributed by atoms with E-state index in [1.165, 1.54) is 19.3 Å². The van der Waals surface area contributed by atoms with Gasteiger partial charge in [-0.1, -0.05) is 37.8 Å². The van der Waals surface area contributed by atoms with E-state index in [4.69, 9.17) is 18.0 Å². The molecule has 0 radical (unpaired) electrons. The van der Waals surface area contributed by atoms with Gasteiger partial charge in [0.05, 0.1) is 5.02 Å². The van der Waals surface area contributed by atoms with Gasteiger partial charge in [0.25, 0.3) is 0 Å². The van der Waals surface area contributed by atoms with Gasteiger partial charge in [-0.15, -0.1) is 6.42 Å². The molecule has 1 nitrogen and oxygen atoms in total. The van der Waals surface area contributed by atoms with Crippen molar-refractivity contribution in [3.63, 3.8) is 0 Å². The second-order valence-corrected chi connectivity index (χ2v) is 5.49. The zero-order valence-corrected chi connectivity index (χ0v) is 11.8. The molecule has 96 valence electrons. The molecule has 0 saturated heterocycles. The molecular formula is C16H20ClN. The molecule has 0 aliphatic heterocycles. The van der Waals surface area contributed by atoms with Crippen LogP contribution in [0.1, 0.15) is 44.2 Å². The Balaban J connectivity index is 2.28. The molecule has 1 aromatic carbocycles. The molecule has 0 spiro atoms. The summed E-state index contributed by atoms with van der Waals surface area (Å²) in [6.45, 7) is 4.43. The number of benzene rings is 1. The average molecular weight is 262 g/mol. The quantitative estimate of drug-likeness (QED) is 0.791. The lowest BCUT2D eigenvalue weighted by molar-refractivity contribution is 0.556. The fourth-order valence-electron chi connectivity index (χ4n) is 2.77. The largest absolute Gasteiger partial charge is 0.382 e. The van der Waals surface area contributed by atoms with Crippen LogP contribution in [0, 0.1) is 18.3 Å². The lowest BCUT2D eigenvalue weighted by Crippen LogP contribution is -2.22. The van der Waals surface area contributed by atoms with Crippen LogP contribution < -0.4 is 5.32 Å². The molecule has 18 heavy (non-hydrogen) atoms. The third-order valence-corrected chi connectivity index (χ3v) is 4.39. The molecule has 2 rings (SSSR count). The molecule has 1 aliphatic carbocycles. The Morgan fingerprint density at radius 2 is 2.22 bits per heavy atom. The van der Waals surface area contributed by atoms with Crippen LogP contribution in [0.2, 0.25) is 5.02 Å². The molecule has 0 amide bonds. The van der Waals surface area contributed by atoms with Crippen molar-refractivity contribution in [3.8, 4) is 12.3 Å². The van der Waals surface area contributed by atoms with E-state index < -0.39 is 0 Å². The van der Waals surface area contributed by atoms with E-state index in [9.17, 15) is 0 Å². The molecule has 1 fully saturated rings. The van der Waals surface area contributed by atoms with E-state index in [-0.39, 0.29) is 0 Å². The minimum atomic E-state index is 0.572. The maximum absolute atomic E-state index is 6.35. The zero-order chi connectivity index (χ0) is 13.1. The summed E-state index contributed by atoms with van der Waals surface area (Å²) in [5.41, 5.74) is 3.09. The van der Waals surface area contributed by atoms with Gasteiger partial charge in [-0.2, -0.15) is 0 Å². The van der Waals surface area contributed by atoms with Crippen LogP contribution in [0.25, 0.3) is 0 Å². The topological polar surface area (TPSA) is 12.0 Å². The summed E-state index contributed by atoms with van der Waals surface area (Å²) < 4.78 is 0. The summed E-state index contributed by atoms with van der Waals surface area (Å²) >= 11 is 6.35. The number of anilines is 1.